The number of aliphatic hydroxyl groups is 1. The molecule has 1 heterocycles. The summed E-state index contributed by atoms with van der Waals surface area (Å²) in [6.07, 6.45) is 2.35. The van der Waals surface area contributed by atoms with Crippen molar-refractivity contribution in [3.05, 3.63) is 82.4 Å². The molecule has 3 rings (SSSR count). The van der Waals surface area contributed by atoms with E-state index in [-0.39, 0.29) is 11.3 Å². The molecule has 0 spiro atoms. The van der Waals surface area contributed by atoms with Gasteiger partial charge in [-0.15, -0.1) is 0 Å². The minimum atomic E-state index is -0.677. The van der Waals surface area contributed by atoms with Crippen molar-refractivity contribution in [2.45, 2.75) is 12.5 Å². The van der Waals surface area contributed by atoms with Crippen molar-refractivity contribution in [1.29, 1.82) is 0 Å². The summed E-state index contributed by atoms with van der Waals surface area (Å²) in [5, 5.41) is 11.1. The quantitative estimate of drug-likeness (QED) is 0.240. The first-order valence-corrected chi connectivity index (χ1v) is 11.2. The summed E-state index contributed by atoms with van der Waals surface area (Å²) >= 11 is 3.47. The summed E-state index contributed by atoms with van der Waals surface area (Å²) in [5.41, 5.74) is 1.30. The van der Waals surface area contributed by atoms with Gasteiger partial charge in [-0.2, -0.15) is 0 Å². The summed E-state index contributed by atoms with van der Waals surface area (Å²) in [7, 11) is 3.92. The van der Waals surface area contributed by atoms with Crippen molar-refractivity contribution in [2.75, 3.05) is 33.8 Å². The maximum absolute atomic E-state index is 13.0. The van der Waals surface area contributed by atoms with Gasteiger partial charge in [-0.05, 0) is 69.0 Å². The molecule has 1 fully saturated rings. The van der Waals surface area contributed by atoms with Gasteiger partial charge in [0.25, 0.3) is 11.7 Å². The topological polar surface area (TPSA) is 70.1 Å². The zero-order chi connectivity index (χ0) is 23.3. The third-order valence-electron chi connectivity index (χ3n) is 5.20. The molecule has 1 atom stereocenters. The lowest BCUT2D eigenvalue weighted by atomic mass is 9.95. The maximum Gasteiger partial charge on any atom is 0.295 e. The average Bonchev–Trinajstić information content (AvgIpc) is 3.02. The van der Waals surface area contributed by atoms with Crippen LogP contribution in [0.25, 0.3) is 5.76 Å². The summed E-state index contributed by atoms with van der Waals surface area (Å²) in [6, 6.07) is 13.6. The number of ketones is 1. The van der Waals surface area contributed by atoms with Gasteiger partial charge in [0.2, 0.25) is 0 Å². The molecular weight excluding hydrogens is 472 g/mol. The highest BCUT2D eigenvalue weighted by atomic mass is 79.9. The Balaban J connectivity index is 2.03. The zero-order valence-electron chi connectivity index (χ0n) is 18.3. The highest BCUT2D eigenvalue weighted by Crippen LogP contribution is 2.40. The number of amides is 1. The van der Waals surface area contributed by atoms with Crippen LogP contribution in [0.1, 0.15) is 23.6 Å². The molecule has 2 aromatic rings. The van der Waals surface area contributed by atoms with E-state index in [0.717, 1.165) is 16.6 Å². The van der Waals surface area contributed by atoms with Gasteiger partial charge in [-0.25, -0.2) is 0 Å². The van der Waals surface area contributed by atoms with Crippen LogP contribution >= 0.6 is 15.9 Å². The fourth-order valence-electron chi connectivity index (χ4n) is 3.71. The lowest BCUT2D eigenvalue weighted by molar-refractivity contribution is -0.139. The van der Waals surface area contributed by atoms with Crippen molar-refractivity contribution in [1.82, 2.24) is 9.80 Å². The van der Waals surface area contributed by atoms with Crippen LogP contribution < -0.4 is 4.74 Å². The second-order valence-corrected chi connectivity index (χ2v) is 8.74. The number of carbonyl (C=O) groups is 2. The predicted molar refractivity (Wildman–Crippen MR) is 128 cm³/mol. The van der Waals surface area contributed by atoms with E-state index < -0.39 is 17.7 Å². The second kappa shape index (κ2) is 10.6. The van der Waals surface area contributed by atoms with Gasteiger partial charge in [0, 0.05) is 16.6 Å². The zero-order valence-corrected chi connectivity index (χ0v) is 19.8. The van der Waals surface area contributed by atoms with Gasteiger partial charge in [-0.1, -0.05) is 40.7 Å². The number of rotatable bonds is 9. The third-order valence-corrected chi connectivity index (χ3v) is 5.70. The number of halogens is 1. The third kappa shape index (κ3) is 5.29. The Bertz CT molecular complexity index is 1030. The van der Waals surface area contributed by atoms with Crippen LogP contribution in [0.4, 0.5) is 0 Å². The van der Waals surface area contributed by atoms with E-state index in [1.54, 1.807) is 35.2 Å². The van der Waals surface area contributed by atoms with Crippen molar-refractivity contribution in [3.63, 3.8) is 0 Å². The molecule has 0 bridgehead atoms. The Kier molecular flexibility index (Phi) is 7.88. The van der Waals surface area contributed by atoms with E-state index in [1.807, 2.05) is 43.3 Å². The van der Waals surface area contributed by atoms with Gasteiger partial charge in [0.1, 0.15) is 18.1 Å². The first kappa shape index (κ1) is 23.8. The van der Waals surface area contributed by atoms with Crippen molar-refractivity contribution in [2.24, 2.45) is 0 Å². The molecular formula is C25H27BrN2O4. The lowest BCUT2D eigenvalue weighted by Gasteiger charge is -2.26. The highest BCUT2D eigenvalue weighted by Gasteiger charge is 2.45. The molecule has 168 valence electrons. The number of ether oxygens (including phenoxy) is 1. The van der Waals surface area contributed by atoms with Crippen molar-refractivity contribution >= 4 is 33.4 Å². The summed E-state index contributed by atoms with van der Waals surface area (Å²) in [4.78, 5) is 29.6. The highest BCUT2D eigenvalue weighted by molar-refractivity contribution is 9.10. The monoisotopic (exact) mass is 498 g/mol. The Morgan fingerprint density at radius 2 is 1.94 bits per heavy atom. The molecule has 32 heavy (non-hydrogen) atoms. The first-order valence-electron chi connectivity index (χ1n) is 10.4. The molecule has 1 saturated heterocycles. The summed E-state index contributed by atoms with van der Waals surface area (Å²) < 4.78 is 6.31. The Morgan fingerprint density at radius 1 is 1.22 bits per heavy atom. The largest absolute Gasteiger partial charge is 0.507 e. The molecule has 0 aliphatic carbocycles. The van der Waals surface area contributed by atoms with Crippen molar-refractivity contribution in [3.8, 4) is 5.75 Å². The SMILES string of the molecule is C=CCOc1ccc(C(O)=C2C(=O)C(=O)N(CCCN(C)C)[C@@H]2c2cccc(Br)c2)cc1. The number of benzene rings is 2. The number of carbonyl (C=O) groups excluding carboxylic acids is 2. The fraction of sp³-hybridized carbons (Fsp3) is 0.280. The number of Topliss-reactive ketones (excluding diaryl/α,β-unsaturated/α-hetero) is 1. The van der Waals surface area contributed by atoms with Crippen LogP contribution in [0, 0.1) is 0 Å². The van der Waals surface area contributed by atoms with E-state index in [4.69, 9.17) is 4.74 Å². The first-order chi connectivity index (χ1) is 15.3. The van der Waals surface area contributed by atoms with Crippen LogP contribution in [0.2, 0.25) is 0 Å². The lowest BCUT2D eigenvalue weighted by Crippen LogP contribution is -2.32. The molecule has 1 amide bonds. The molecule has 1 N–H and O–H groups in total. The normalized spacial score (nSPS) is 17.8. The molecule has 0 saturated carbocycles. The standard InChI is InChI=1S/C25H27BrN2O4/c1-4-15-32-20-11-9-17(10-12-20)23(29)21-22(18-7-5-8-19(26)16-18)28(25(31)24(21)30)14-6-13-27(2)3/h4-5,7-12,16,22,29H,1,6,13-15H2,2-3H3/t22-/m1/s1. The minimum absolute atomic E-state index is 0.0951. The molecule has 7 heteroatoms. The van der Waals surface area contributed by atoms with E-state index in [0.29, 0.717) is 30.9 Å². The molecule has 1 aliphatic rings. The summed E-state index contributed by atoms with van der Waals surface area (Å²) in [5.74, 6) is -0.849. The summed E-state index contributed by atoms with van der Waals surface area (Å²) in [6.45, 7) is 5.17. The average molecular weight is 499 g/mol. The molecule has 0 radical (unpaired) electrons. The van der Waals surface area contributed by atoms with E-state index >= 15 is 0 Å². The van der Waals surface area contributed by atoms with Crippen LogP contribution in [0.3, 0.4) is 0 Å². The van der Waals surface area contributed by atoms with Gasteiger partial charge < -0.3 is 19.6 Å². The van der Waals surface area contributed by atoms with Gasteiger partial charge in [-0.3, -0.25) is 9.59 Å². The van der Waals surface area contributed by atoms with Crippen molar-refractivity contribution < 1.29 is 19.4 Å². The van der Waals surface area contributed by atoms with Gasteiger partial charge in [0.05, 0.1) is 11.6 Å². The van der Waals surface area contributed by atoms with E-state index in [2.05, 4.69) is 22.5 Å². The Morgan fingerprint density at radius 3 is 2.56 bits per heavy atom. The van der Waals surface area contributed by atoms with Crippen LogP contribution in [-0.2, 0) is 9.59 Å². The molecule has 0 unspecified atom stereocenters. The number of nitrogens with zero attached hydrogens (tertiary/aromatic N) is 2. The number of hydrogen-bond acceptors (Lipinski definition) is 5. The van der Waals surface area contributed by atoms with Gasteiger partial charge in [0.15, 0.2) is 0 Å². The molecule has 2 aromatic carbocycles. The van der Waals surface area contributed by atoms with E-state index in [9.17, 15) is 14.7 Å². The maximum atomic E-state index is 13.0. The van der Waals surface area contributed by atoms with Crippen LogP contribution in [0.5, 0.6) is 5.75 Å². The smallest absolute Gasteiger partial charge is 0.295 e. The molecule has 6 nitrogen and oxygen atoms in total. The predicted octanol–water partition coefficient (Wildman–Crippen LogP) is 4.39. The van der Waals surface area contributed by atoms with Crippen LogP contribution in [0.15, 0.2) is 71.2 Å². The van der Waals surface area contributed by atoms with Gasteiger partial charge >= 0.3 is 0 Å². The molecule has 1 aliphatic heterocycles. The molecule has 0 aromatic heterocycles. The minimum Gasteiger partial charge on any atom is -0.507 e. The number of hydrogen-bond donors (Lipinski definition) is 1. The Hall–Kier alpha value is -2.90. The number of likely N-dealkylation sites (tertiary alicyclic amines) is 1. The fourth-order valence-corrected chi connectivity index (χ4v) is 4.13. The Labute approximate surface area is 196 Å². The van der Waals surface area contributed by atoms with E-state index in [1.165, 1.54) is 0 Å². The van der Waals surface area contributed by atoms with Crippen LogP contribution in [-0.4, -0.2) is 60.4 Å². The second-order valence-electron chi connectivity index (χ2n) is 7.83. The number of aliphatic hydroxyl groups excluding tert-OH is 1.